The van der Waals surface area contributed by atoms with Gasteiger partial charge in [-0.3, -0.25) is 0 Å². The van der Waals surface area contributed by atoms with Gasteiger partial charge in [0.05, 0.1) is 6.10 Å². The van der Waals surface area contributed by atoms with E-state index in [2.05, 4.69) is 19.2 Å². The molecular weight excluding hydrogens is 174 g/mol. The Bertz CT molecular complexity index is 157. The Morgan fingerprint density at radius 1 is 1.21 bits per heavy atom. The van der Waals surface area contributed by atoms with Crippen LogP contribution in [0.15, 0.2) is 0 Å². The van der Waals surface area contributed by atoms with Crippen molar-refractivity contribution in [1.82, 2.24) is 5.32 Å². The summed E-state index contributed by atoms with van der Waals surface area (Å²) in [4.78, 5) is 0. The van der Waals surface area contributed by atoms with Crippen molar-refractivity contribution in [1.29, 1.82) is 0 Å². The lowest BCUT2D eigenvalue weighted by atomic mass is 10.1. The largest absolute Gasteiger partial charge is 0.376 e. The minimum atomic E-state index is 0.427. The van der Waals surface area contributed by atoms with E-state index in [1.165, 1.54) is 25.7 Å². The SMILES string of the molecule is CC(C)C(CNC1CC1)OCC1CC1. The van der Waals surface area contributed by atoms with Crippen molar-refractivity contribution >= 4 is 0 Å². The third kappa shape index (κ3) is 3.58. The molecule has 0 amide bonds. The predicted octanol–water partition coefficient (Wildman–Crippen LogP) is 2.19. The Morgan fingerprint density at radius 2 is 1.93 bits per heavy atom. The first-order chi connectivity index (χ1) is 6.75. The van der Waals surface area contributed by atoms with E-state index in [-0.39, 0.29) is 0 Å². The van der Waals surface area contributed by atoms with E-state index >= 15 is 0 Å². The Hall–Kier alpha value is -0.0800. The topological polar surface area (TPSA) is 21.3 Å². The number of rotatable bonds is 7. The molecule has 2 aliphatic rings. The van der Waals surface area contributed by atoms with Crippen molar-refractivity contribution in [3.8, 4) is 0 Å². The van der Waals surface area contributed by atoms with Gasteiger partial charge in [-0.1, -0.05) is 13.8 Å². The average Bonchev–Trinajstić information content (AvgIpc) is 3.00. The number of hydrogen-bond acceptors (Lipinski definition) is 2. The van der Waals surface area contributed by atoms with Crippen LogP contribution in [0.25, 0.3) is 0 Å². The molecule has 2 fully saturated rings. The Labute approximate surface area is 87.4 Å². The summed E-state index contributed by atoms with van der Waals surface area (Å²) in [5, 5.41) is 3.56. The monoisotopic (exact) mass is 197 g/mol. The second kappa shape index (κ2) is 4.63. The van der Waals surface area contributed by atoms with Crippen LogP contribution in [0.5, 0.6) is 0 Å². The van der Waals surface area contributed by atoms with Crippen molar-refractivity contribution in [3.63, 3.8) is 0 Å². The van der Waals surface area contributed by atoms with Crippen LogP contribution in [0.2, 0.25) is 0 Å². The molecule has 2 aliphatic carbocycles. The van der Waals surface area contributed by atoms with Gasteiger partial charge in [0.15, 0.2) is 0 Å². The first-order valence-corrected chi connectivity index (χ1v) is 6.10. The molecule has 0 aromatic rings. The van der Waals surface area contributed by atoms with Crippen LogP contribution in [0.4, 0.5) is 0 Å². The van der Waals surface area contributed by atoms with E-state index in [4.69, 9.17) is 4.74 Å². The molecule has 0 bridgehead atoms. The molecule has 2 heteroatoms. The molecule has 1 unspecified atom stereocenters. The van der Waals surface area contributed by atoms with E-state index in [1.54, 1.807) is 0 Å². The summed E-state index contributed by atoms with van der Waals surface area (Å²) in [6.45, 7) is 6.56. The molecule has 82 valence electrons. The van der Waals surface area contributed by atoms with Gasteiger partial charge in [-0.05, 0) is 37.5 Å². The number of ether oxygens (including phenoxy) is 1. The molecule has 0 radical (unpaired) electrons. The molecule has 2 saturated carbocycles. The first kappa shape index (κ1) is 10.4. The maximum Gasteiger partial charge on any atom is 0.0722 e. The number of hydrogen-bond donors (Lipinski definition) is 1. The smallest absolute Gasteiger partial charge is 0.0722 e. The molecule has 1 N–H and O–H groups in total. The van der Waals surface area contributed by atoms with Gasteiger partial charge < -0.3 is 10.1 Å². The van der Waals surface area contributed by atoms with Gasteiger partial charge in [0.1, 0.15) is 0 Å². The van der Waals surface area contributed by atoms with Gasteiger partial charge in [0.25, 0.3) is 0 Å². The fourth-order valence-electron chi connectivity index (χ4n) is 1.60. The Morgan fingerprint density at radius 3 is 2.43 bits per heavy atom. The molecule has 1 atom stereocenters. The van der Waals surface area contributed by atoms with Gasteiger partial charge in [0.2, 0.25) is 0 Å². The standard InChI is InChI=1S/C12H23NO/c1-9(2)12(7-13-11-5-6-11)14-8-10-3-4-10/h9-13H,3-8H2,1-2H3. The van der Waals surface area contributed by atoms with Crippen LogP contribution in [0.1, 0.15) is 39.5 Å². The van der Waals surface area contributed by atoms with E-state index in [9.17, 15) is 0 Å². The van der Waals surface area contributed by atoms with Gasteiger partial charge >= 0.3 is 0 Å². The normalized spacial score (nSPS) is 24.2. The second-order valence-corrected chi connectivity index (χ2v) is 5.24. The lowest BCUT2D eigenvalue weighted by molar-refractivity contribution is 0.0166. The van der Waals surface area contributed by atoms with Crippen molar-refractivity contribution < 1.29 is 4.74 Å². The zero-order valence-electron chi connectivity index (χ0n) is 9.46. The highest BCUT2D eigenvalue weighted by atomic mass is 16.5. The molecule has 0 aromatic heterocycles. The van der Waals surface area contributed by atoms with Crippen molar-refractivity contribution in [2.45, 2.75) is 51.7 Å². The van der Waals surface area contributed by atoms with Crippen molar-refractivity contribution in [2.75, 3.05) is 13.2 Å². The molecule has 0 saturated heterocycles. The highest BCUT2D eigenvalue weighted by Crippen LogP contribution is 2.29. The maximum atomic E-state index is 5.94. The summed E-state index contributed by atoms with van der Waals surface area (Å²) in [7, 11) is 0. The van der Waals surface area contributed by atoms with Crippen molar-refractivity contribution in [2.24, 2.45) is 11.8 Å². The van der Waals surface area contributed by atoms with Gasteiger partial charge in [-0.2, -0.15) is 0 Å². The second-order valence-electron chi connectivity index (χ2n) is 5.24. The molecule has 0 aromatic carbocycles. The lowest BCUT2D eigenvalue weighted by Gasteiger charge is -2.22. The lowest BCUT2D eigenvalue weighted by Crippen LogP contribution is -2.34. The summed E-state index contributed by atoms with van der Waals surface area (Å²) in [5.74, 6) is 1.53. The third-order valence-corrected chi connectivity index (χ3v) is 3.17. The van der Waals surface area contributed by atoms with Crippen LogP contribution < -0.4 is 5.32 Å². The van der Waals surface area contributed by atoms with Crippen molar-refractivity contribution in [3.05, 3.63) is 0 Å². The predicted molar refractivity (Wildman–Crippen MR) is 58.3 cm³/mol. The molecule has 0 spiro atoms. The van der Waals surface area contributed by atoms with E-state index in [1.807, 2.05) is 0 Å². The van der Waals surface area contributed by atoms with E-state index in [0.29, 0.717) is 12.0 Å². The molecular formula is C12H23NO. The summed E-state index contributed by atoms with van der Waals surface area (Å²) in [5.41, 5.74) is 0. The van der Waals surface area contributed by atoms with Gasteiger partial charge in [-0.15, -0.1) is 0 Å². The quantitative estimate of drug-likeness (QED) is 0.675. The number of nitrogens with one attached hydrogen (secondary N) is 1. The minimum Gasteiger partial charge on any atom is -0.376 e. The summed E-state index contributed by atoms with van der Waals surface area (Å²) < 4.78 is 5.94. The third-order valence-electron chi connectivity index (χ3n) is 3.17. The molecule has 2 nitrogen and oxygen atoms in total. The van der Waals surface area contributed by atoms with Crippen LogP contribution in [0, 0.1) is 11.8 Å². The molecule has 0 heterocycles. The van der Waals surface area contributed by atoms with Gasteiger partial charge in [0, 0.05) is 19.2 Å². The minimum absolute atomic E-state index is 0.427. The van der Waals surface area contributed by atoms with Crippen LogP contribution >= 0.6 is 0 Å². The summed E-state index contributed by atoms with van der Waals surface area (Å²) >= 11 is 0. The first-order valence-electron chi connectivity index (χ1n) is 6.10. The fraction of sp³-hybridized carbons (Fsp3) is 1.00. The Kier molecular flexibility index (Phi) is 3.45. The highest BCUT2D eigenvalue weighted by molar-refractivity contribution is 4.83. The zero-order valence-corrected chi connectivity index (χ0v) is 9.46. The molecule has 2 rings (SSSR count). The highest BCUT2D eigenvalue weighted by Gasteiger charge is 2.26. The van der Waals surface area contributed by atoms with Crippen LogP contribution in [-0.4, -0.2) is 25.3 Å². The molecule has 14 heavy (non-hydrogen) atoms. The van der Waals surface area contributed by atoms with E-state index in [0.717, 1.165) is 25.1 Å². The fourth-order valence-corrected chi connectivity index (χ4v) is 1.60. The zero-order chi connectivity index (χ0) is 9.97. The van der Waals surface area contributed by atoms with Gasteiger partial charge in [-0.25, -0.2) is 0 Å². The maximum absolute atomic E-state index is 5.94. The average molecular weight is 197 g/mol. The Balaban J connectivity index is 1.62. The molecule has 0 aliphatic heterocycles. The van der Waals surface area contributed by atoms with E-state index < -0.39 is 0 Å². The summed E-state index contributed by atoms with van der Waals surface area (Å²) in [6.07, 6.45) is 5.94. The summed E-state index contributed by atoms with van der Waals surface area (Å²) in [6, 6.07) is 0.806. The van der Waals surface area contributed by atoms with Crippen LogP contribution in [-0.2, 0) is 4.74 Å². The van der Waals surface area contributed by atoms with Crippen LogP contribution in [0.3, 0.4) is 0 Å².